The van der Waals surface area contributed by atoms with E-state index in [2.05, 4.69) is 5.32 Å². The second-order valence-corrected chi connectivity index (χ2v) is 7.11. The van der Waals surface area contributed by atoms with Crippen molar-refractivity contribution in [3.05, 3.63) is 23.8 Å². The van der Waals surface area contributed by atoms with Gasteiger partial charge in [0, 0.05) is 36.9 Å². The van der Waals surface area contributed by atoms with Crippen LogP contribution in [0.3, 0.4) is 0 Å². The molecule has 1 aliphatic carbocycles. The van der Waals surface area contributed by atoms with Gasteiger partial charge >= 0.3 is 0 Å². The van der Waals surface area contributed by atoms with Crippen LogP contribution in [-0.4, -0.2) is 31.8 Å². The van der Waals surface area contributed by atoms with Gasteiger partial charge in [-0.05, 0) is 56.6 Å². The van der Waals surface area contributed by atoms with Gasteiger partial charge in [0.2, 0.25) is 5.91 Å². The highest BCUT2D eigenvalue weighted by molar-refractivity contribution is 5.93. The van der Waals surface area contributed by atoms with E-state index in [0.29, 0.717) is 12.5 Å². The maximum Gasteiger partial charge on any atom is 0.227 e. The summed E-state index contributed by atoms with van der Waals surface area (Å²) in [6.45, 7) is 4.39. The summed E-state index contributed by atoms with van der Waals surface area (Å²) >= 11 is 0. The van der Waals surface area contributed by atoms with Gasteiger partial charge in [-0.15, -0.1) is 12.4 Å². The summed E-state index contributed by atoms with van der Waals surface area (Å²) in [5, 5.41) is 3.02. The number of ether oxygens (including phenoxy) is 2. The van der Waals surface area contributed by atoms with Crippen LogP contribution >= 0.6 is 12.4 Å². The highest BCUT2D eigenvalue weighted by Gasteiger charge is 2.27. The summed E-state index contributed by atoms with van der Waals surface area (Å²) in [5.74, 6) is 1.51. The molecule has 1 aromatic rings. The molecule has 1 aromatic carbocycles. The number of amides is 1. The van der Waals surface area contributed by atoms with E-state index >= 15 is 0 Å². The molecule has 1 aliphatic heterocycles. The average molecular weight is 369 g/mol. The van der Waals surface area contributed by atoms with Gasteiger partial charge in [0.25, 0.3) is 0 Å². The van der Waals surface area contributed by atoms with Gasteiger partial charge in [-0.25, -0.2) is 0 Å². The number of anilines is 1. The Labute approximate surface area is 156 Å². The van der Waals surface area contributed by atoms with E-state index in [-0.39, 0.29) is 30.3 Å². The molecule has 2 aliphatic rings. The lowest BCUT2D eigenvalue weighted by molar-refractivity contribution is -0.119. The summed E-state index contributed by atoms with van der Waals surface area (Å²) in [5.41, 5.74) is 7.79. The Morgan fingerprint density at radius 3 is 2.72 bits per heavy atom. The van der Waals surface area contributed by atoms with Crippen molar-refractivity contribution in [2.24, 2.45) is 17.6 Å². The van der Waals surface area contributed by atoms with Gasteiger partial charge in [-0.2, -0.15) is 0 Å². The van der Waals surface area contributed by atoms with E-state index in [1.807, 2.05) is 25.1 Å². The average Bonchev–Trinajstić information content (AvgIpc) is 3.03. The number of nitrogens with two attached hydrogens (primary N) is 1. The third kappa shape index (κ3) is 5.59. The Bertz CT molecular complexity index is 576. The maximum atomic E-state index is 12.3. The third-order valence-corrected chi connectivity index (χ3v) is 5.12. The van der Waals surface area contributed by atoms with Gasteiger partial charge < -0.3 is 20.5 Å². The topological polar surface area (TPSA) is 73.6 Å². The molecule has 3 N–H and O–H groups in total. The van der Waals surface area contributed by atoms with Crippen molar-refractivity contribution >= 4 is 24.0 Å². The standard InChI is InChI=1S/C19H28N2O3.ClH/c1-13-2-5-17(21-19(22)15-3-4-16(20)10-15)11-18(13)24-12-14-6-8-23-9-7-14;/h2,5,11,14-16H,3-4,6-10,12,20H2,1H3,(H,21,22);1H. The molecule has 2 atom stereocenters. The number of halogens is 1. The molecule has 2 fully saturated rings. The van der Waals surface area contributed by atoms with E-state index in [9.17, 15) is 4.79 Å². The minimum Gasteiger partial charge on any atom is -0.493 e. The first-order valence-electron chi connectivity index (χ1n) is 8.99. The molecule has 0 bridgehead atoms. The molecule has 1 amide bonds. The van der Waals surface area contributed by atoms with E-state index in [1.54, 1.807) is 0 Å². The molecule has 25 heavy (non-hydrogen) atoms. The van der Waals surface area contributed by atoms with Crippen molar-refractivity contribution in [3.63, 3.8) is 0 Å². The van der Waals surface area contributed by atoms with Gasteiger partial charge in [0.05, 0.1) is 6.61 Å². The van der Waals surface area contributed by atoms with Crippen LogP contribution in [0.25, 0.3) is 0 Å². The molecular weight excluding hydrogens is 340 g/mol. The normalized spacial score (nSPS) is 23.8. The fourth-order valence-electron chi connectivity index (χ4n) is 3.45. The van der Waals surface area contributed by atoms with Gasteiger partial charge in [0.15, 0.2) is 0 Å². The molecule has 1 saturated heterocycles. The molecule has 0 spiro atoms. The molecule has 1 saturated carbocycles. The molecule has 0 aromatic heterocycles. The van der Waals surface area contributed by atoms with E-state index in [1.165, 1.54) is 0 Å². The molecule has 2 unspecified atom stereocenters. The van der Waals surface area contributed by atoms with Gasteiger partial charge in [-0.1, -0.05) is 6.07 Å². The fraction of sp³-hybridized carbons (Fsp3) is 0.632. The largest absolute Gasteiger partial charge is 0.493 e. The van der Waals surface area contributed by atoms with Crippen LogP contribution < -0.4 is 15.8 Å². The number of carbonyl (C=O) groups is 1. The number of nitrogens with one attached hydrogen (secondary N) is 1. The number of rotatable bonds is 5. The lowest BCUT2D eigenvalue weighted by atomic mass is 10.0. The molecule has 1 heterocycles. The summed E-state index contributed by atoms with van der Waals surface area (Å²) in [7, 11) is 0. The minimum absolute atomic E-state index is 0. The molecule has 0 radical (unpaired) electrons. The van der Waals surface area contributed by atoms with Crippen LogP contribution in [0.15, 0.2) is 18.2 Å². The SMILES string of the molecule is Cc1ccc(NC(=O)C2CCC(N)C2)cc1OCC1CCOCC1.Cl. The van der Waals surface area contributed by atoms with Crippen LogP contribution in [0.5, 0.6) is 5.75 Å². The summed E-state index contributed by atoms with van der Waals surface area (Å²) in [4.78, 5) is 12.3. The zero-order chi connectivity index (χ0) is 16.9. The summed E-state index contributed by atoms with van der Waals surface area (Å²) < 4.78 is 11.4. The van der Waals surface area contributed by atoms with Crippen LogP contribution in [0.2, 0.25) is 0 Å². The predicted molar refractivity (Wildman–Crippen MR) is 101 cm³/mol. The number of hydrogen-bond acceptors (Lipinski definition) is 4. The lowest BCUT2D eigenvalue weighted by Crippen LogP contribution is -2.23. The third-order valence-electron chi connectivity index (χ3n) is 5.12. The summed E-state index contributed by atoms with van der Waals surface area (Å²) in [6.07, 6.45) is 4.71. The van der Waals surface area contributed by atoms with Crippen LogP contribution in [0.4, 0.5) is 5.69 Å². The van der Waals surface area contributed by atoms with Crippen LogP contribution in [0.1, 0.15) is 37.7 Å². The monoisotopic (exact) mass is 368 g/mol. The summed E-state index contributed by atoms with van der Waals surface area (Å²) in [6, 6.07) is 6.03. The highest BCUT2D eigenvalue weighted by Crippen LogP contribution is 2.28. The quantitative estimate of drug-likeness (QED) is 0.836. The van der Waals surface area contributed by atoms with E-state index in [0.717, 1.165) is 62.3 Å². The lowest BCUT2D eigenvalue weighted by Gasteiger charge is -2.22. The zero-order valence-electron chi connectivity index (χ0n) is 14.8. The Kier molecular flexibility index (Phi) is 7.54. The number of carbonyl (C=O) groups excluding carboxylic acids is 1. The van der Waals surface area contributed by atoms with Crippen molar-refractivity contribution in [3.8, 4) is 5.75 Å². The molecule has 5 nitrogen and oxygen atoms in total. The fourth-order valence-corrected chi connectivity index (χ4v) is 3.45. The molecule has 6 heteroatoms. The second-order valence-electron chi connectivity index (χ2n) is 7.11. The van der Waals surface area contributed by atoms with Gasteiger partial charge in [-0.3, -0.25) is 4.79 Å². The van der Waals surface area contributed by atoms with Crippen molar-refractivity contribution in [2.75, 3.05) is 25.1 Å². The van der Waals surface area contributed by atoms with Crippen molar-refractivity contribution in [1.29, 1.82) is 0 Å². The van der Waals surface area contributed by atoms with Crippen molar-refractivity contribution in [2.45, 2.75) is 45.1 Å². The molecular formula is C19H29ClN2O3. The molecule has 140 valence electrons. The highest BCUT2D eigenvalue weighted by atomic mass is 35.5. The predicted octanol–water partition coefficient (Wildman–Crippen LogP) is 3.29. The Morgan fingerprint density at radius 1 is 1.28 bits per heavy atom. The Morgan fingerprint density at radius 2 is 2.04 bits per heavy atom. The van der Waals surface area contributed by atoms with Crippen LogP contribution in [-0.2, 0) is 9.53 Å². The number of aryl methyl sites for hydroxylation is 1. The van der Waals surface area contributed by atoms with E-state index < -0.39 is 0 Å². The van der Waals surface area contributed by atoms with Crippen molar-refractivity contribution < 1.29 is 14.3 Å². The Balaban J connectivity index is 0.00000225. The van der Waals surface area contributed by atoms with Crippen molar-refractivity contribution in [1.82, 2.24) is 0 Å². The Hall–Kier alpha value is -1.30. The van der Waals surface area contributed by atoms with E-state index in [4.69, 9.17) is 15.2 Å². The first-order valence-corrected chi connectivity index (χ1v) is 8.99. The molecule has 3 rings (SSSR count). The van der Waals surface area contributed by atoms with Crippen LogP contribution in [0, 0.1) is 18.8 Å². The number of hydrogen-bond donors (Lipinski definition) is 2. The first kappa shape index (κ1) is 20.0. The van der Waals surface area contributed by atoms with Gasteiger partial charge in [0.1, 0.15) is 5.75 Å². The second kappa shape index (κ2) is 9.41. The first-order chi connectivity index (χ1) is 11.6. The smallest absolute Gasteiger partial charge is 0.227 e. The minimum atomic E-state index is 0. The zero-order valence-corrected chi connectivity index (χ0v) is 15.6. The number of benzene rings is 1. The maximum absolute atomic E-state index is 12.3.